The zero-order valence-corrected chi connectivity index (χ0v) is 49.7. The third-order valence-corrected chi connectivity index (χ3v) is 20.8. The molecule has 0 amide bonds. The predicted molar refractivity (Wildman–Crippen MR) is 382 cm³/mol. The molecular formula is C83H47N3O2S2. The van der Waals surface area contributed by atoms with Crippen molar-refractivity contribution in [2.75, 3.05) is 9.80 Å². The van der Waals surface area contributed by atoms with E-state index in [9.17, 15) is 5.26 Å². The molecule has 0 saturated heterocycles. The van der Waals surface area contributed by atoms with Crippen molar-refractivity contribution in [1.82, 2.24) is 0 Å². The summed E-state index contributed by atoms with van der Waals surface area (Å²) in [5.41, 5.74) is 14.6. The molecule has 7 heteroatoms. The molecule has 19 rings (SSSR count). The summed E-state index contributed by atoms with van der Waals surface area (Å²) in [6.45, 7) is 0. The molecule has 15 aromatic carbocycles. The molecule has 0 unspecified atom stereocenters. The second kappa shape index (κ2) is 19.7. The van der Waals surface area contributed by atoms with Gasteiger partial charge in [-0.2, -0.15) is 5.26 Å². The first kappa shape index (κ1) is 50.6. The fraction of sp³-hybridized carbons (Fsp3) is 0. The summed E-state index contributed by atoms with van der Waals surface area (Å²) in [4.78, 5) is 4.72. The van der Waals surface area contributed by atoms with Gasteiger partial charge in [-0.05, 0) is 147 Å². The minimum atomic E-state index is 0.609. The van der Waals surface area contributed by atoms with Crippen molar-refractivity contribution in [3.05, 3.63) is 291 Å². The van der Waals surface area contributed by atoms with E-state index in [-0.39, 0.29) is 0 Å². The maximum absolute atomic E-state index is 9.85. The van der Waals surface area contributed by atoms with Crippen molar-refractivity contribution in [3.63, 3.8) is 0 Å². The van der Waals surface area contributed by atoms with E-state index in [1.54, 1.807) is 0 Å². The van der Waals surface area contributed by atoms with Crippen LogP contribution in [0.4, 0.5) is 34.1 Å². The second-order valence-electron chi connectivity index (χ2n) is 23.4. The zero-order chi connectivity index (χ0) is 59.1. The Hall–Kier alpha value is -11.5. The maximum atomic E-state index is 9.85. The maximum Gasteiger partial charge on any atom is 0.159 e. The molecule has 19 aromatic rings. The molecular weight excluding hydrogens is 1140 g/mol. The van der Waals surface area contributed by atoms with Crippen molar-refractivity contribution in [3.8, 4) is 28.3 Å². The first-order chi connectivity index (χ1) is 44.5. The molecule has 0 aliphatic heterocycles. The monoisotopic (exact) mass is 1180 g/mol. The fourth-order valence-corrected chi connectivity index (χ4v) is 16.6. The Morgan fingerprint density at radius 3 is 1.20 bits per heavy atom. The molecule has 4 aromatic heterocycles. The predicted octanol–water partition coefficient (Wildman–Crippen LogP) is 25.0. The number of anilines is 6. The Labute approximate surface area is 523 Å². The first-order valence-electron chi connectivity index (χ1n) is 30.2. The van der Waals surface area contributed by atoms with Gasteiger partial charge in [0.2, 0.25) is 0 Å². The lowest BCUT2D eigenvalue weighted by atomic mass is 9.97. The molecule has 0 aliphatic carbocycles. The smallest absolute Gasteiger partial charge is 0.159 e. The lowest BCUT2D eigenvalue weighted by molar-refractivity contribution is 0.669. The molecule has 0 fully saturated rings. The number of nitrogens with zero attached hydrogens (tertiary/aromatic N) is 3. The van der Waals surface area contributed by atoms with Gasteiger partial charge in [0.15, 0.2) is 11.2 Å². The van der Waals surface area contributed by atoms with E-state index in [0.717, 1.165) is 100 Å². The van der Waals surface area contributed by atoms with Crippen LogP contribution in [-0.2, 0) is 0 Å². The minimum Gasteiger partial charge on any atom is -0.454 e. The summed E-state index contributed by atoms with van der Waals surface area (Å²) in [5.74, 6) is 0. The van der Waals surface area contributed by atoms with Crippen LogP contribution in [0.5, 0.6) is 0 Å². The molecule has 0 bridgehead atoms. The van der Waals surface area contributed by atoms with Gasteiger partial charge in [0.1, 0.15) is 11.2 Å². The molecule has 90 heavy (non-hydrogen) atoms. The number of fused-ring (bicyclic) bond motifs is 18. The number of rotatable bonds is 8. The van der Waals surface area contributed by atoms with Gasteiger partial charge in [-0.15, -0.1) is 22.7 Å². The van der Waals surface area contributed by atoms with E-state index in [2.05, 4.69) is 259 Å². The summed E-state index contributed by atoms with van der Waals surface area (Å²) in [6.07, 6.45) is 0. The summed E-state index contributed by atoms with van der Waals surface area (Å²) < 4.78 is 18.6. The van der Waals surface area contributed by atoms with Gasteiger partial charge < -0.3 is 18.6 Å². The average Bonchev–Trinajstić information content (AvgIpc) is 1.55. The molecule has 0 aliphatic rings. The fourth-order valence-electron chi connectivity index (χ4n) is 14.1. The molecule has 5 nitrogen and oxygen atoms in total. The van der Waals surface area contributed by atoms with E-state index in [1.165, 1.54) is 83.6 Å². The van der Waals surface area contributed by atoms with Crippen molar-refractivity contribution in [2.45, 2.75) is 0 Å². The summed E-state index contributed by atoms with van der Waals surface area (Å²) in [5, 5.41) is 28.7. The first-order valence-corrected chi connectivity index (χ1v) is 31.9. The molecule has 0 radical (unpaired) electrons. The zero-order valence-electron chi connectivity index (χ0n) is 48.1. The molecule has 418 valence electrons. The Kier molecular flexibility index (Phi) is 11.1. The van der Waals surface area contributed by atoms with Crippen molar-refractivity contribution >= 4 is 184 Å². The van der Waals surface area contributed by atoms with Gasteiger partial charge in [-0.25, -0.2) is 0 Å². The lowest BCUT2D eigenvalue weighted by Gasteiger charge is -2.27. The van der Waals surface area contributed by atoms with Crippen LogP contribution in [0.3, 0.4) is 0 Å². The molecule has 0 N–H and O–H groups in total. The highest BCUT2D eigenvalue weighted by Gasteiger charge is 2.26. The molecule has 0 atom stereocenters. The Bertz CT molecular complexity index is 6240. The van der Waals surface area contributed by atoms with Crippen LogP contribution in [0, 0.1) is 11.3 Å². The number of hydrogen-bond acceptors (Lipinski definition) is 7. The lowest BCUT2D eigenvalue weighted by Crippen LogP contribution is -2.11. The van der Waals surface area contributed by atoms with Gasteiger partial charge in [-0.3, -0.25) is 0 Å². The largest absolute Gasteiger partial charge is 0.454 e. The number of thiophene rings is 2. The van der Waals surface area contributed by atoms with Crippen LogP contribution in [0.15, 0.2) is 294 Å². The summed E-state index contributed by atoms with van der Waals surface area (Å²) in [7, 11) is 0. The molecule has 0 spiro atoms. The van der Waals surface area contributed by atoms with Crippen molar-refractivity contribution in [1.29, 1.82) is 5.26 Å². The number of hydrogen-bond donors (Lipinski definition) is 0. The van der Waals surface area contributed by atoms with Crippen LogP contribution >= 0.6 is 22.7 Å². The Balaban J connectivity index is 0.692. The van der Waals surface area contributed by atoms with Crippen LogP contribution in [0.25, 0.3) is 150 Å². The highest BCUT2D eigenvalue weighted by Crippen LogP contribution is 2.52. The normalized spacial score (nSPS) is 12.0. The Morgan fingerprint density at radius 1 is 0.278 bits per heavy atom. The quantitative estimate of drug-likeness (QED) is 0.152. The molecule has 0 saturated carbocycles. The topological polar surface area (TPSA) is 56.6 Å². The van der Waals surface area contributed by atoms with Gasteiger partial charge >= 0.3 is 0 Å². The molecule has 4 heterocycles. The second-order valence-corrected chi connectivity index (χ2v) is 25.5. The van der Waals surface area contributed by atoms with Crippen LogP contribution in [-0.4, -0.2) is 0 Å². The highest BCUT2D eigenvalue weighted by atomic mass is 32.1. The van der Waals surface area contributed by atoms with Crippen LogP contribution in [0.2, 0.25) is 0 Å². The van der Waals surface area contributed by atoms with E-state index >= 15 is 0 Å². The number of para-hydroxylation sites is 4. The third-order valence-electron chi connectivity index (χ3n) is 18.4. The highest BCUT2D eigenvalue weighted by molar-refractivity contribution is 7.27. The van der Waals surface area contributed by atoms with Crippen molar-refractivity contribution < 1.29 is 8.83 Å². The van der Waals surface area contributed by atoms with Gasteiger partial charge in [0.25, 0.3) is 0 Å². The number of benzene rings is 15. The number of furan rings is 2. The summed E-state index contributed by atoms with van der Waals surface area (Å²) in [6, 6.07) is 105. The van der Waals surface area contributed by atoms with E-state index in [0.29, 0.717) is 5.56 Å². The summed E-state index contributed by atoms with van der Waals surface area (Å²) >= 11 is 3.73. The number of nitriles is 1. The van der Waals surface area contributed by atoms with Crippen LogP contribution < -0.4 is 9.80 Å². The van der Waals surface area contributed by atoms with Crippen LogP contribution in [0.1, 0.15) is 5.56 Å². The van der Waals surface area contributed by atoms with Gasteiger partial charge in [0, 0.05) is 94.8 Å². The van der Waals surface area contributed by atoms with E-state index in [4.69, 9.17) is 8.83 Å². The third kappa shape index (κ3) is 7.79. The van der Waals surface area contributed by atoms with E-state index < -0.39 is 0 Å². The van der Waals surface area contributed by atoms with Crippen molar-refractivity contribution in [2.24, 2.45) is 0 Å². The average molecular weight is 1180 g/mol. The van der Waals surface area contributed by atoms with Gasteiger partial charge in [-0.1, -0.05) is 182 Å². The SMILES string of the molecule is N#Cc1ccc(N(c2cc3c4cc5ccc(-c6ccc(-c7ccc(N(c8cc9c%10cc%11ccccc%11cc%10sc9c9ccccc89)c8cccc9c8oc8ccccc89)cc7)cc6)cc5cc4sc3c3ccccc23)c2cccc3c2oc2ccccc23)cc1. The Morgan fingerprint density at radius 2 is 0.678 bits per heavy atom. The van der Waals surface area contributed by atoms with Gasteiger partial charge in [0.05, 0.1) is 34.4 Å². The standard InChI is InChI=1S/C83H47N3O2S2/c84-48-49-27-37-58(38-28-49)85(72-23-11-21-64-62-17-7-9-25-76(62)87-80(64)72)74-47-71-69-43-56-34-33-55(41-57(56)45-79(69)90-83(71)67-20-6-3-15-60(67)74)52-31-29-50(30-32-52)51-35-39-59(40-36-51)86(73-24-12-22-65-63-18-8-10-26-77(63)88-81(65)73)75-46-70-68-42-53-13-1-2-14-54(53)44-78(68)89-82(70)66-19-5-4-16-61(66)75/h1-47H. The minimum absolute atomic E-state index is 0.609. The van der Waals surface area contributed by atoms with E-state index in [1.807, 2.05) is 65.1 Å².